The Morgan fingerprint density at radius 3 is 2.78 bits per heavy atom. The number of nitrogens with one attached hydrogen (secondary N) is 1. The number of para-hydroxylation sites is 1. The van der Waals surface area contributed by atoms with Gasteiger partial charge in [0.25, 0.3) is 0 Å². The highest BCUT2D eigenvalue weighted by molar-refractivity contribution is 5.95. The van der Waals surface area contributed by atoms with Gasteiger partial charge in [-0.05, 0) is 19.1 Å². The molecule has 96 valence electrons. The summed E-state index contributed by atoms with van der Waals surface area (Å²) in [5, 5.41) is 4.42. The molecule has 4 nitrogen and oxygen atoms in total. The van der Waals surface area contributed by atoms with Gasteiger partial charge in [-0.25, -0.2) is 4.98 Å². The van der Waals surface area contributed by atoms with E-state index in [1.165, 1.54) is 0 Å². The molecule has 0 saturated carbocycles. The number of fused-ring (bicyclic) bond motifs is 1. The van der Waals surface area contributed by atoms with Crippen LogP contribution in [0.5, 0.6) is 5.75 Å². The van der Waals surface area contributed by atoms with E-state index in [1.807, 2.05) is 24.3 Å². The summed E-state index contributed by atoms with van der Waals surface area (Å²) in [5.74, 6) is 0.782. The van der Waals surface area contributed by atoms with Crippen LogP contribution in [0, 0.1) is 0 Å². The van der Waals surface area contributed by atoms with Gasteiger partial charge in [0.2, 0.25) is 0 Å². The smallest absolute Gasteiger partial charge is 0.145 e. The molecule has 0 aliphatic heterocycles. The second-order valence-electron chi connectivity index (χ2n) is 3.98. The highest BCUT2D eigenvalue weighted by Crippen LogP contribution is 2.30. The van der Waals surface area contributed by atoms with Crippen LogP contribution in [0.15, 0.2) is 24.3 Å². The van der Waals surface area contributed by atoms with Crippen LogP contribution in [0.4, 0.5) is 5.69 Å². The highest BCUT2D eigenvalue weighted by atomic mass is 16.5. The van der Waals surface area contributed by atoms with Crippen molar-refractivity contribution in [2.75, 3.05) is 26.1 Å². The zero-order valence-electron chi connectivity index (χ0n) is 11.0. The molecule has 2 aromatic rings. The molecule has 1 heterocycles. The molecule has 0 bridgehead atoms. The standard InChI is InChI=1S/C14H18N2O2/c1-4-15-12-8-10(9-17-2)16-14-11(12)6-5-7-13(14)18-3/h5-8H,4,9H2,1-3H3,(H,15,16). The van der Waals surface area contributed by atoms with Crippen molar-refractivity contribution in [2.24, 2.45) is 0 Å². The van der Waals surface area contributed by atoms with Gasteiger partial charge in [0.15, 0.2) is 0 Å². The highest BCUT2D eigenvalue weighted by Gasteiger charge is 2.09. The Morgan fingerprint density at radius 1 is 1.28 bits per heavy atom. The predicted molar refractivity (Wildman–Crippen MR) is 73.2 cm³/mol. The molecule has 0 aliphatic carbocycles. The number of benzene rings is 1. The largest absolute Gasteiger partial charge is 0.494 e. The monoisotopic (exact) mass is 246 g/mol. The average molecular weight is 246 g/mol. The van der Waals surface area contributed by atoms with Crippen molar-refractivity contribution in [3.05, 3.63) is 30.0 Å². The zero-order valence-corrected chi connectivity index (χ0v) is 11.0. The lowest BCUT2D eigenvalue weighted by Crippen LogP contribution is -2.02. The third kappa shape index (κ3) is 2.38. The summed E-state index contributed by atoms with van der Waals surface area (Å²) in [6, 6.07) is 7.95. The van der Waals surface area contributed by atoms with Gasteiger partial charge in [-0.3, -0.25) is 0 Å². The Bertz CT molecular complexity index is 541. The van der Waals surface area contributed by atoms with Gasteiger partial charge in [-0.1, -0.05) is 12.1 Å². The first-order valence-electron chi connectivity index (χ1n) is 5.99. The molecule has 2 rings (SSSR count). The lowest BCUT2D eigenvalue weighted by atomic mass is 10.1. The maximum Gasteiger partial charge on any atom is 0.145 e. The molecule has 0 radical (unpaired) electrons. The van der Waals surface area contributed by atoms with Crippen LogP contribution in [0.2, 0.25) is 0 Å². The summed E-state index contributed by atoms with van der Waals surface area (Å²) < 4.78 is 10.5. The number of rotatable bonds is 5. The first-order valence-corrected chi connectivity index (χ1v) is 5.99. The second-order valence-corrected chi connectivity index (χ2v) is 3.98. The Morgan fingerprint density at radius 2 is 2.11 bits per heavy atom. The second kappa shape index (κ2) is 5.69. The number of hydrogen-bond donors (Lipinski definition) is 1. The molecular weight excluding hydrogens is 228 g/mol. The topological polar surface area (TPSA) is 43.4 Å². The van der Waals surface area contributed by atoms with Gasteiger partial charge in [-0.15, -0.1) is 0 Å². The normalized spacial score (nSPS) is 10.6. The molecule has 1 aromatic heterocycles. The fourth-order valence-corrected chi connectivity index (χ4v) is 2.00. The summed E-state index contributed by atoms with van der Waals surface area (Å²) in [7, 11) is 3.33. The fraction of sp³-hybridized carbons (Fsp3) is 0.357. The molecule has 0 atom stereocenters. The first kappa shape index (κ1) is 12.6. The number of pyridine rings is 1. The Hall–Kier alpha value is -1.81. The number of anilines is 1. The van der Waals surface area contributed by atoms with Crippen LogP contribution >= 0.6 is 0 Å². The molecular formula is C14H18N2O2. The van der Waals surface area contributed by atoms with Crippen LogP contribution in [0.3, 0.4) is 0 Å². The maximum atomic E-state index is 5.36. The lowest BCUT2D eigenvalue weighted by Gasteiger charge is -2.12. The third-order valence-corrected chi connectivity index (χ3v) is 2.73. The molecule has 0 spiro atoms. The van der Waals surface area contributed by atoms with Crippen LogP contribution in [0.25, 0.3) is 10.9 Å². The van der Waals surface area contributed by atoms with Gasteiger partial charge in [-0.2, -0.15) is 0 Å². The molecule has 0 aliphatic rings. The van der Waals surface area contributed by atoms with E-state index >= 15 is 0 Å². The minimum absolute atomic E-state index is 0.492. The van der Waals surface area contributed by atoms with Crippen molar-refractivity contribution in [3.8, 4) is 5.75 Å². The van der Waals surface area contributed by atoms with Gasteiger partial charge < -0.3 is 14.8 Å². The van der Waals surface area contributed by atoms with Crippen molar-refractivity contribution in [1.82, 2.24) is 4.98 Å². The molecule has 1 aromatic carbocycles. The zero-order chi connectivity index (χ0) is 13.0. The van der Waals surface area contributed by atoms with E-state index in [1.54, 1.807) is 14.2 Å². The summed E-state index contributed by atoms with van der Waals surface area (Å²) in [4.78, 5) is 4.59. The number of hydrogen-bond acceptors (Lipinski definition) is 4. The fourth-order valence-electron chi connectivity index (χ4n) is 2.00. The van der Waals surface area contributed by atoms with Crippen molar-refractivity contribution in [1.29, 1.82) is 0 Å². The predicted octanol–water partition coefficient (Wildman–Crippen LogP) is 2.82. The van der Waals surface area contributed by atoms with Gasteiger partial charge >= 0.3 is 0 Å². The van der Waals surface area contributed by atoms with Crippen LogP contribution in [-0.4, -0.2) is 25.7 Å². The maximum absolute atomic E-state index is 5.36. The SMILES string of the molecule is CCNc1cc(COC)nc2c(OC)cccc12. The molecule has 0 amide bonds. The Balaban J connectivity index is 2.64. The molecule has 1 N–H and O–H groups in total. The Kier molecular flexibility index (Phi) is 3.99. The van der Waals surface area contributed by atoms with E-state index in [9.17, 15) is 0 Å². The summed E-state index contributed by atoms with van der Waals surface area (Å²) in [6.45, 7) is 3.43. The summed E-state index contributed by atoms with van der Waals surface area (Å²) in [5.41, 5.74) is 2.82. The van der Waals surface area contributed by atoms with E-state index in [0.717, 1.165) is 34.6 Å². The number of methoxy groups -OCH3 is 2. The number of aromatic nitrogens is 1. The van der Waals surface area contributed by atoms with E-state index < -0.39 is 0 Å². The molecule has 4 heteroatoms. The summed E-state index contributed by atoms with van der Waals surface area (Å²) in [6.07, 6.45) is 0. The van der Waals surface area contributed by atoms with Crippen molar-refractivity contribution in [3.63, 3.8) is 0 Å². The van der Waals surface area contributed by atoms with Crippen molar-refractivity contribution < 1.29 is 9.47 Å². The third-order valence-electron chi connectivity index (χ3n) is 2.73. The summed E-state index contributed by atoms with van der Waals surface area (Å²) >= 11 is 0. The van der Waals surface area contributed by atoms with Gasteiger partial charge in [0.1, 0.15) is 11.3 Å². The van der Waals surface area contributed by atoms with Gasteiger partial charge in [0.05, 0.1) is 19.4 Å². The minimum Gasteiger partial charge on any atom is -0.494 e. The number of ether oxygens (including phenoxy) is 2. The number of nitrogens with zero attached hydrogens (tertiary/aromatic N) is 1. The van der Waals surface area contributed by atoms with E-state index in [2.05, 4.69) is 17.2 Å². The van der Waals surface area contributed by atoms with Gasteiger partial charge in [0, 0.05) is 24.7 Å². The van der Waals surface area contributed by atoms with Crippen LogP contribution in [-0.2, 0) is 11.3 Å². The van der Waals surface area contributed by atoms with E-state index in [4.69, 9.17) is 9.47 Å². The van der Waals surface area contributed by atoms with E-state index in [0.29, 0.717) is 6.61 Å². The minimum atomic E-state index is 0.492. The molecule has 0 saturated heterocycles. The molecule has 0 unspecified atom stereocenters. The van der Waals surface area contributed by atoms with Crippen LogP contribution in [0.1, 0.15) is 12.6 Å². The lowest BCUT2D eigenvalue weighted by molar-refractivity contribution is 0.182. The van der Waals surface area contributed by atoms with Crippen molar-refractivity contribution in [2.45, 2.75) is 13.5 Å². The quantitative estimate of drug-likeness (QED) is 0.881. The molecule has 18 heavy (non-hydrogen) atoms. The van der Waals surface area contributed by atoms with E-state index in [-0.39, 0.29) is 0 Å². The van der Waals surface area contributed by atoms with Crippen molar-refractivity contribution >= 4 is 16.6 Å². The first-order chi connectivity index (χ1) is 8.80. The Labute approximate surface area is 107 Å². The van der Waals surface area contributed by atoms with Crippen LogP contribution < -0.4 is 10.1 Å². The average Bonchev–Trinajstić information content (AvgIpc) is 2.39. The molecule has 0 fully saturated rings.